The predicted molar refractivity (Wildman–Crippen MR) is 136 cm³/mol. The van der Waals surface area contributed by atoms with Crippen LogP contribution in [-0.2, 0) is 16.0 Å². The van der Waals surface area contributed by atoms with Gasteiger partial charge in [0.2, 0.25) is 5.91 Å². The van der Waals surface area contributed by atoms with E-state index in [1.165, 1.54) is 34.7 Å². The number of aryl methyl sites for hydroxylation is 1. The lowest BCUT2D eigenvalue weighted by atomic mass is 10.1. The molecule has 0 saturated carbocycles. The molecule has 4 rings (SSSR count). The minimum atomic E-state index is -0.737. The van der Waals surface area contributed by atoms with Crippen molar-refractivity contribution in [2.75, 3.05) is 16.8 Å². The fourth-order valence-electron chi connectivity index (χ4n) is 3.93. The average molecular weight is 496 g/mol. The van der Waals surface area contributed by atoms with Gasteiger partial charge < -0.3 is 10.2 Å². The Kier molecular flexibility index (Phi) is 7.55. The number of rotatable bonds is 8. The van der Waals surface area contributed by atoms with Gasteiger partial charge in [-0.1, -0.05) is 41.9 Å². The monoisotopic (exact) mass is 495 g/mol. The number of halogens is 2. The Morgan fingerprint density at radius 3 is 2.35 bits per heavy atom. The maximum atomic E-state index is 13.4. The normalized spacial score (nSPS) is 15.6. The van der Waals surface area contributed by atoms with Crippen molar-refractivity contribution in [2.45, 2.75) is 25.3 Å². The summed E-state index contributed by atoms with van der Waals surface area (Å²) in [6, 6.07) is 21.7. The Balaban J connectivity index is 1.51. The van der Waals surface area contributed by atoms with Crippen molar-refractivity contribution < 1.29 is 14.0 Å². The molecule has 3 aromatic rings. The molecule has 0 spiro atoms. The number of carbonyl (C=O) groups is 2. The van der Waals surface area contributed by atoms with Crippen LogP contribution in [0.1, 0.15) is 18.4 Å². The van der Waals surface area contributed by atoms with E-state index >= 15 is 0 Å². The lowest BCUT2D eigenvalue weighted by Gasteiger charge is -2.24. The zero-order valence-corrected chi connectivity index (χ0v) is 19.9. The molecule has 1 atom stereocenters. The molecular weight excluding hydrogens is 473 g/mol. The topological polar surface area (TPSA) is 52.7 Å². The van der Waals surface area contributed by atoms with Gasteiger partial charge >= 0.3 is 0 Å². The van der Waals surface area contributed by atoms with Gasteiger partial charge in [-0.3, -0.25) is 14.5 Å². The summed E-state index contributed by atoms with van der Waals surface area (Å²) >= 11 is 11.7. The van der Waals surface area contributed by atoms with Crippen LogP contribution in [0, 0.1) is 5.82 Å². The van der Waals surface area contributed by atoms with Gasteiger partial charge in [-0.05, 0) is 79.2 Å². The third-order valence-corrected chi connectivity index (χ3v) is 6.29. The van der Waals surface area contributed by atoms with Gasteiger partial charge in [0.05, 0.1) is 12.1 Å². The summed E-state index contributed by atoms with van der Waals surface area (Å²) in [6.45, 7) is 0.526. The Morgan fingerprint density at radius 2 is 1.68 bits per heavy atom. The minimum absolute atomic E-state index is 0.0776. The van der Waals surface area contributed by atoms with E-state index in [0.29, 0.717) is 28.1 Å². The third kappa shape index (κ3) is 5.61. The largest absolute Gasteiger partial charge is 0.336 e. The van der Waals surface area contributed by atoms with E-state index in [0.717, 1.165) is 12.8 Å². The van der Waals surface area contributed by atoms with Gasteiger partial charge in [0.1, 0.15) is 11.9 Å². The number of nitrogens with zero attached hydrogens (tertiary/aromatic N) is 2. The van der Waals surface area contributed by atoms with Crippen molar-refractivity contribution in [3.63, 3.8) is 0 Å². The number of nitrogens with one attached hydrogen (secondary N) is 1. The summed E-state index contributed by atoms with van der Waals surface area (Å²) in [5, 5.41) is 3.65. The van der Waals surface area contributed by atoms with Crippen molar-refractivity contribution in [3.8, 4) is 0 Å². The summed E-state index contributed by atoms with van der Waals surface area (Å²) in [6.07, 6.45) is 1.51. The molecule has 1 saturated heterocycles. The first kappa shape index (κ1) is 23.9. The summed E-state index contributed by atoms with van der Waals surface area (Å²) < 4.78 is 13.2. The Morgan fingerprint density at radius 1 is 1.00 bits per heavy atom. The van der Waals surface area contributed by atoms with Crippen LogP contribution in [-0.4, -0.2) is 34.4 Å². The number of carbonyl (C=O) groups excluding carboxylic acids is 2. The molecular formula is C26H23ClFN3O2S. The second kappa shape index (κ2) is 10.8. The quantitative estimate of drug-likeness (QED) is 0.423. The zero-order valence-electron chi connectivity index (χ0n) is 18.3. The highest BCUT2D eigenvalue weighted by Crippen LogP contribution is 2.29. The van der Waals surface area contributed by atoms with Gasteiger partial charge in [0.15, 0.2) is 5.11 Å². The molecule has 1 N–H and O–H groups in total. The van der Waals surface area contributed by atoms with Gasteiger partial charge in [0, 0.05) is 17.3 Å². The fraction of sp³-hybridized carbons (Fsp3) is 0.192. The summed E-state index contributed by atoms with van der Waals surface area (Å²) in [7, 11) is 0. The molecule has 0 bridgehead atoms. The van der Waals surface area contributed by atoms with Crippen LogP contribution in [0.2, 0.25) is 5.02 Å². The van der Waals surface area contributed by atoms with E-state index in [1.807, 2.05) is 23.1 Å². The smallest absolute Gasteiger partial charge is 0.256 e. The van der Waals surface area contributed by atoms with Crippen molar-refractivity contribution in [3.05, 3.63) is 95.3 Å². The van der Waals surface area contributed by atoms with E-state index in [1.54, 1.807) is 24.3 Å². The lowest BCUT2D eigenvalue weighted by molar-refractivity contribution is -0.124. The molecule has 0 radical (unpaired) electrons. The molecule has 2 amide bonds. The molecule has 1 aliphatic heterocycles. The van der Waals surface area contributed by atoms with Gasteiger partial charge in [-0.25, -0.2) is 4.39 Å². The van der Waals surface area contributed by atoms with E-state index in [4.69, 9.17) is 23.8 Å². The van der Waals surface area contributed by atoms with Crippen LogP contribution in [0.15, 0.2) is 78.9 Å². The number of benzene rings is 3. The van der Waals surface area contributed by atoms with Gasteiger partial charge in [-0.15, -0.1) is 0 Å². The molecule has 8 heteroatoms. The molecule has 1 heterocycles. The Bertz CT molecular complexity index is 1170. The third-order valence-electron chi connectivity index (χ3n) is 5.62. The SMILES string of the molecule is O=C(C[C@H]1C(=O)N(c2ccc(Cl)cc2)C(=S)N1CCCc1ccccc1)Nc1ccc(F)cc1. The van der Waals surface area contributed by atoms with E-state index in [2.05, 4.69) is 17.4 Å². The zero-order chi connectivity index (χ0) is 24.1. The average Bonchev–Trinajstić information content (AvgIpc) is 3.06. The molecule has 1 aliphatic rings. The number of thiocarbonyl (C=S) groups is 1. The Labute approximate surface area is 208 Å². The summed E-state index contributed by atoms with van der Waals surface area (Å²) in [5.41, 5.74) is 2.26. The van der Waals surface area contributed by atoms with Crippen molar-refractivity contribution in [1.82, 2.24) is 4.90 Å². The highest BCUT2D eigenvalue weighted by molar-refractivity contribution is 7.80. The number of amides is 2. The molecule has 5 nitrogen and oxygen atoms in total. The van der Waals surface area contributed by atoms with Crippen LogP contribution in [0.4, 0.5) is 15.8 Å². The second-order valence-electron chi connectivity index (χ2n) is 7.99. The number of hydrogen-bond donors (Lipinski definition) is 1. The van der Waals surface area contributed by atoms with Crippen LogP contribution < -0.4 is 10.2 Å². The fourth-order valence-corrected chi connectivity index (χ4v) is 4.47. The first-order valence-corrected chi connectivity index (χ1v) is 11.7. The molecule has 1 fully saturated rings. The van der Waals surface area contributed by atoms with Crippen LogP contribution in [0.3, 0.4) is 0 Å². The van der Waals surface area contributed by atoms with E-state index < -0.39 is 11.9 Å². The van der Waals surface area contributed by atoms with Crippen LogP contribution in [0.5, 0.6) is 0 Å². The highest BCUT2D eigenvalue weighted by Gasteiger charge is 2.43. The maximum absolute atomic E-state index is 13.4. The minimum Gasteiger partial charge on any atom is -0.336 e. The maximum Gasteiger partial charge on any atom is 0.256 e. The lowest BCUT2D eigenvalue weighted by Crippen LogP contribution is -2.38. The van der Waals surface area contributed by atoms with Crippen LogP contribution >= 0.6 is 23.8 Å². The van der Waals surface area contributed by atoms with E-state index in [9.17, 15) is 14.0 Å². The molecule has 174 valence electrons. The summed E-state index contributed by atoms with van der Waals surface area (Å²) in [4.78, 5) is 29.5. The Hall–Kier alpha value is -3.29. The predicted octanol–water partition coefficient (Wildman–Crippen LogP) is 5.44. The van der Waals surface area contributed by atoms with E-state index in [-0.39, 0.29) is 18.2 Å². The van der Waals surface area contributed by atoms with Gasteiger partial charge in [-0.2, -0.15) is 0 Å². The van der Waals surface area contributed by atoms with Crippen molar-refractivity contribution in [2.24, 2.45) is 0 Å². The number of anilines is 2. The standard InChI is InChI=1S/C26H23ClFN3O2S/c27-19-8-14-22(15-9-19)31-25(33)23(17-24(32)29-21-12-10-20(28)11-13-21)30(26(31)34)16-4-7-18-5-2-1-3-6-18/h1-3,5-6,8-15,23H,4,7,16-17H2,(H,29,32)/t23-/m0/s1. The van der Waals surface area contributed by atoms with Crippen molar-refractivity contribution >= 4 is 52.1 Å². The first-order valence-electron chi connectivity index (χ1n) is 10.9. The second-order valence-corrected chi connectivity index (χ2v) is 8.79. The van der Waals surface area contributed by atoms with Crippen molar-refractivity contribution in [1.29, 1.82) is 0 Å². The molecule has 0 aliphatic carbocycles. The van der Waals surface area contributed by atoms with Gasteiger partial charge in [0.25, 0.3) is 5.91 Å². The molecule has 0 aromatic heterocycles. The molecule has 3 aromatic carbocycles. The molecule has 0 unspecified atom stereocenters. The summed E-state index contributed by atoms with van der Waals surface area (Å²) in [5.74, 6) is -1.00. The molecule has 34 heavy (non-hydrogen) atoms. The first-order chi connectivity index (χ1) is 16.4. The van der Waals surface area contributed by atoms with Crippen LogP contribution in [0.25, 0.3) is 0 Å². The number of hydrogen-bond acceptors (Lipinski definition) is 3. The highest BCUT2D eigenvalue weighted by atomic mass is 35.5.